The maximum absolute atomic E-state index is 11.9. The Kier molecular flexibility index (Phi) is 5.72. The molecule has 0 saturated heterocycles. The van der Waals surface area contributed by atoms with Gasteiger partial charge in [-0.1, -0.05) is 23.7 Å². The quantitative estimate of drug-likeness (QED) is 0.657. The zero-order valence-electron chi connectivity index (χ0n) is 10.9. The first-order valence-electron chi connectivity index (χ1n) is 5.94. The number of nitrogens with one attached hydrogen (secondary N) is 1. The molecule has 98 valence electrons. The van der Waals surface area contributed by atoms with E-state index in [1.165, 1.54) is 0 Å². The zero-order chi connectivity index (χ0) is 13.5. The molecule has 0 aliphatic heterocycles. The number of benzene rings is 1. The topological polar surface area (TPSA) is 38.3 Å². The fourth-order valence-corrected chi connectivity index (χ4v) is 1.57. The van der Waals surface area contributed by atoms with E-state index < -0.39 is 0 Å². The van der Waals surface area contributed by atoms with Gasteiger partial charge in [0.05, 0.1) is 12.2 Å². The Morgan fingerprint density at radius 3 is 2.78 bits per heavy atom. The highest BCUT2D eigenvalue weighted by atomic mass is 35.5. The van der Waals surface area contributed by atoms with Crippen molar-refractivity contribution >= 4 is 23.1 Å². The van der Waals surface area contributed by atoms with Crippen molar-refractivity contribution in [2.45, 2.75) is 26.8 Å². The molecule has 4 heteroatoms. The summed E-state index contributed by atoms with van der Waals surface area (Å²) >= 11 is 5.93. The Balaban J connectivity index is 3.04. The number of halogens is 1. The van der Waals surface area contributed by atoms with Crippen molar-refractivity contribution in [3.05, 3.63) is 41.1 Å². The van der Waals surface area contributed by atoms with Gasteiger partial charge in [-0.15, -0.1) is 0 Å². The summed E-state index contributed by atoms with van der Waals surface area (Å²) < 4.78 is 5.04. The maximum Gasteiger partial charge on any atom is 0.340 e. The third-order valence-corrected chi connectivity index (χ3v) is 2.43. The van der Waals surface area contributed by atoms with Gasteiger partial charge in [-0.2, -0.15) is 0 Å². The fourth-order valence-electron chi connectivity index (χ4n) is 1.37. The second-order valence-electron chi connectivity index (χ2n) is 4.11. The molecule has 3 nitrogen and oxygen atoms in total. The van der Waals surface area contributed by atoms with Crippen molar-refractivity contribution in [3.8, 4) is 0 Å². The zero-order valence-corrected chi connectivity index (χ0v) is 11.6. The first-order chi connectivity index (χ1) is 8.54. The number of hydrogen-bond donors (Lipinski definition) is 1. The van der Waals surface area contributed by atoms with Crippen LogP contribution >= 0.6 is 11.6 Å². The average Bonchev–Trinajstić information content (AvgIpc) is 2.29. The second-order valence-corrected chi connectivity index (χ2v) is 4.55. The number of esters is 1. The van der Waals surface area contributed by atoms with E-state index in [9.17, 15) is 4.79 Å². The van der Waals surface area contributed by atoms with Gasteiger partial charge in [0.1, 0.15) is 0 Å². The maximum atomic E-state index is 11.9. The first-order valence-corrected chi connectivity index (χ1v) is 6.31. The van der Waals surface area contributed by atoms with Crippen LogP contribution in [0.15, 0.2) is 30.5 Å². The lowest BCUT2D eigenvalue weighted by molar-refractivity contribution is -0.136. The molecule has 1 N–H and O–H groups in total. The molecule has 0 amide bonds. The minimum atomic E-state index is -0.354. The lowest BCUT2D eigenvalue weighted by atomic mass is 10.1. The Morgan fingerprint density at radius 2 is 2.22 bits per heavy atom. The smallest absolute Gasteiger partial charge is 0.340 e. The van der Waals surface area contributed by atoms with Crippen molar-refractivity contribution in [3.63, 3.8) is 0 Å². The SMILES string of the molecule is CCOC(=O)C(=CNC(C)C)c1cccc(Cl)c1. The van der Waals surface area contributed by atoms with Crippen molar-refractivity contribution < 1.29 is 9.53 Å². The largest absolute Gasteiger partial charge is 0.462 e. The molecule has 0 atom stereocenters. The number of carbonyl (C=O) groups is 1. The summed E-state index contributed by atoms with van der Waals surface area (Å²) in [6.45, 7) is 6.12. The van der Waals surface area contributed by atoms with E-state index in [2.05, 4.69) is 5.32 Å². The Hall–Kier alpha value is -1.48. The second kappa shape index (κ2) is 7.07. The molecular formula is C14H18ClNO2. The Labute approximate surface area is 113 Å². The minimum Gasteiger partial charge on any atom is -0.462 e. The highest BCUT2D eigenvalue weighted by Crippen LogP contribution is 2.19. The average molecular weight is 268 g/mol. The minimum absolute atomic E-state index is 0.244. The number of hydrogen-bond acceptors (Lipinski definition) is 3. The molecule has 1 rings (SSSR count). The van der Waals surface area contributed by atoms with Gasteiger partial charge in [-0.05, 0) is 38.5 Å². The third-order valence-electron chi connectivity index (χ3n) is 2.19. The van der Waals surface area contributed by atoms with Crippen LogP contribution in [-0.2, 0) is 9.53 Å². The van der Waals surface area contributed by atoms with Gasteiger partial charge in [0.25, 0.3) is 0 Å². The van der Waals surface area contributed by atoms with E-state index in [0.717, 1.165) is 5.56 Å². The lowest BCUT2D eigenvalue weighted by Crippen LogP contribution is -2.18. The summed E-state index contributed by atoms with van der Waals surface area (Å²) in [6, 6.07) is 7.39. The van der Waals surface area contributed by atoms with E-state index >= 15 is 0 Å². The molecule has 0 aliphatic rings. The van der Waals surface area contributed by atoms with E-state index in [1.807, 2.05) is 19.9 Å². The van der Waals surface area contributed by atoms with E-state index in [0.29, 0.717) is 17.2 Å². The van der Waals surface area contributed by atoms with Crippen molar-refractivity contribution in [2.24, 2.45) is 0 Å². The number of carbonyl (C=O) groups excluding carboxylic acids is 1. The Morgan fingerprint density at radius 1 is 1.50 bits per heavy atom. The van der Waals surface area contributed by atoms with Gasteiger partial charge in [0.15, 0.2) is 0 Å². The van der Waals surface area contributed by atoms with Crippen LogP contribution in [0.1, 0.15) is 26.3 Å². The summed E-state index contributed by atoms with van der Waals surface area (Å²) in [4.78, 5) is 11.9. The number of rotatable bonds is 5. The summed E-state index contributed by atoms with van der Waals surface area (Å²) in [7, 11) is 0. The van der Waals surface area contributed by atoms with Crippen LogP contribution in [0.25, 0.3) is 5.57 Å². The molecule has 0 aliphatic carbocycles. The fraction of sp³-hybridized carbons (Fsp3) is 0.357. The van der Waals surface area contributed by atoms with E-state index in [4.69, 9.17) is 16.3 Å². The molecule has 0 fully saturated rings. The van der Waals surface area contributed by atoms with Crippen molar-refractivity contribution in [2.75, 3.05) is 6.61 Å². The molecule has 18 heavy (non-hydrogen) atoms. The third kappa shape index (κ3) is 4.41. The number of ether oxygens (including phenoxy) is 1. The predicted octanol–water partition coefficient (Wildman–Crippen LogP) is 3.24. The van der Waals surface area contributed by atoms with Crippen molar-refractivity contribution in [1.29, 1.82) is 0 Å². The van der Waals surface area contributed by atoms with Crippen LogP contribution in [-0.4, -0.2) is 18.6 Å². The van der Waals surface area contributed by atoms with Crippen LogP contribution in [0, 0.1) is 0 Å². The molecule has 0 radical (unpaired) electrons. The van der Waals surface area contributed by atoms with E-state index in [1.54, 1.807) is 31.3 Å². The Bertz CT molecular complexity index is 441. The molecule has 1 aromatic carbocycles. The standard InChI is InChI=1S/C14H18ClNO2/c1-4-18-14(17)13(9-16-10(2)3)11-6-5-7-12(15)8-11/h5-10,16H,4H2,1-3H3. The van der Waals surface area contributed by atoms with Gasteiger partial charge in [0.2, 0.25) is 0 Å². The normalized spacial score (nSPS) is 11.5. The van der Waals surface area contributed by atoms with Gasteiger partial charge in [-0.25, -0.2) is 4.79 Å². The highest BCUT2D eigenvalue weighted by molar-refractivity contribution is 6.31. The molecule has 0 spiro atoms. The van der Waals surface area contributed by atoms with Crippen LogP contribution in [0.4, 0.5) is 0 Å². The van der Waals surface area contributed by atoms with E-state index in [-0.39, 0.29) is 12.0 Å². The monoisotopic (exact) mass is 267 g/mol. The van der Waals surface area contributed by atoms with Crippen LogP contribution < -0.4 is 5.32 Å². The predicted molar refractivity (Wildman–Crippen MR) is 74.3 cm³/mol. The highest BCUT2D eigenvalue weighted by Gasteiger charge is 2.13. The van der Waals surface area contributed by atoms with Gasteiger partial charge >= 0.3 is 5.97 Å². The molecule has 0 unspecified atom stereocenters. The lowest BCUT2D eigenvalue weighted by Gasteiger charge is -2.10. The van der Waals surface area contributed by atoms with Gasteiger partial charge in [0, 0.05) is 17.3 Å². The molecule has 0 heterocycles. The molecule has 0 bridgehead atoms. The molecule has 1 aromatic rings. The molecule has 0 saturated carbocycles. The molecule has 0 aromatic heterocycles. The summed E-state index contributed by atoms with van der Waals surface area (Å²) in [5.41, 5.74) is 1.22. The van der Waals surface area contributed by atoms with Gasteiger partial charge < -0.3 is 10.1 Å². The summed E-state index contributed by atoms with van der Waals surface area (Å²) in [6.07, 6.45) is 1.67. The summed E-state index contributed by atoms with van der Waals surface area (Å²) in [5.74, 6) is -0.354. The van der Waals surface area contributed by atoms with Crippen molar-refractivity contribution in [1.82, 2.24) is 5.32 Å². The van der Waals surface area contributed by atoms with Crippen LogP contribution in [0.2, 0.25) is 5.02 Å². The van der Waals surface area contributed by atoms with Crippen LogP contribution in [0.3, 0.4) is 0 Å². The van der Waals surface area contributed by atoms with Crippen LogP contribution in [0.5, 0.6) is 0 Å². The van der Waals surface area contributed by atoms with Gasteiger partial charge in [-0.3, -0.25) is 0 Å². The summed E-state index contributed by atoms with van der Waals surface area (Å²) in [5, 5.41) is 3.69. The molecular weight excluding hydrogens is 250 g/mol. The first kappa shape index (κ1) is 14.6.